The van der Waals surface area contributed by atoms with Crippen molar-refractivity contribution in [2.24, 2.45) is 5.92 Å². The fraction of sp³-hybridized carbons (Fsp3) is 0.667. The molecule has 2 fully saturated rings. The predicted octanol–water partition coefficient (Wildman–Crippen LogP) is 2.73. The third kappa shape index (κ3) is 2.28. The van der Waals surface area contributed by atoms with E-state index in [9.17, 15) is 9.59 Å². The molecule has 1 saturated heterocycles. The number of hydrogen-bond donors (Lipinski definition) is 0. The first-order valence-corrected chi connectivity index (χ1v) is 8.17. The van der Waals surface area contributed by atoms with Crippen LogP contribution in [0.5, 0.6) is 0 Å². The number of ketones is 1. The highest BCUT2D eigenvalue weighted by molar-refractivity contribution is 7.13. The van der Waals surface area contributed by atoms with Gasteiger partial charge in [0.25, 0.3) is 5.91 Å². The number of likely N-dealkylation sites (tertiary alicyclic amines) is 1. The SMILES string of the molecule is Cc1nc(C)c(C(=O)N2CCCC2C2CCCC2=O)s1. The minimum atomic E-state index is 0.0790. The second-order valence-corrected chi connectivity index (χ2v) is 7.02. The smallest absolute Gasteiger partial charge is 0.266 e. The summed E-state index contributed by atoms with van der Waals surface area (Å²) in [6.07, 6.45) is 4.62. The number of aromatic nitrogens is 1. The van der Waals surface area contributed by atoms with Gasteiger partial charge >= 0.3 is 0 Å². The van der Waals surface area contributed by atoms with Gasteiger partial charge in [0, 0.05) is 24.9 Å². The molecule has 0 spiro atoms. The average molecular weight is 292 g/mol. The molecule has 3 rings (SSSR count). The lowest BCUT2D eigenvalue weighted by molar-refractivity contribution is -0.121. The molecular weight excluding hydrogens is 272 g/mol. The lowest BCUT2D eigenvalue weighted by Gasteiger charge is -2.28. The van der Waals surface area contributed by atoms with Gasteiger partial charge in [0.2, 0.25) is 0 Å². The second-order valence-electron chi connectivity index (χ2n) is 5.82. The van der Waals surface area contributed by atoms with Gasteiger partial charge in [-0.3, -0.25) is 9.59 Å². The third-order valence-corrected chi connectivity index (χ3v) is 5.54. The fourth-order valence-corrected chi connectivity index (χ4v) is 4.45. The van der Waals surface area contributed by atoms with Gasteiger partial charge in [-0.25, -0.2) is 4.98 Å². The number of thiazole rings is 1. The highest BCUT2D eigenvalue weighted by Crippen LogP contribution is 2.34. The van der Waals surface area contributed by atoms with Crippen molar-refractivity contribution in [1.29, 1.82) is 0 Å². The van der Waals surface area contributed by atoms with Gasteiger partial charge < -0.3 is 4.90 Å². The predicted molar refractivity (Wildman–Crippen MR) is 78.0 cm³/mol. The summed E-state index contributed by atoms with van der Waals surface area (Å²) in [4.78, 5) is 31.8. The second kappa shape index (κ2) is 5.28. The Morgan fingerprint density at radius 1 is 1.30 bits per heavy atom. The van der Waals surface area contributed by atoms with Gasteiger partial charge in [-0.05, 0) is 39.5 Å². The summed E-state index contributed by atoms with van der Waals surface area (Å²) in [6.45, 7) is 4.60. The molecule has 1 aliphatic carbocycles. The maximum absolute atomic E-state index is 12.7. The van der Waals surface area contributed by atoms with Crippen molar-refractivity contribution < 1.29 is 9.59 Å². The van der Waals surface area contributed by atoms with Crippen molar-refractivity contribution in [2.75, 3.05) is 6.54 Å². The molecule has 1 aromatic heterocycles. The first kappa shape index (κ1) is 13.7. The molecule has 0 N–H and O–H groups in total. The fourth-order valence-electron chi connectivity index (χ4n) is 3.57. The van der Waals surface area contributed by atoms with Crippen molar-refractivity contribution in [3.05, 3.63) is 15.6 Å². The van der Waals surface area contributed by atoms with Crippen molar-refractivity contribution in [1.82, 2.24) is 9.88 Å². The van der Waals surface area contributed by atoms with Crippen LogP contribution in [-0.4, -0.2) is 34.2 Å². The number of hydrogen-bond acceptors (Lipinski definition) is 4. The van der Waals surface area contributed by atoms with Crippen LogP contribution in [0, 0.1) is 19.8 Å². The zero-order valence-corrected chi connectivity index (χ0v) is 12.8. The normalized spacial score (nSPS) is 26.5. The summed E-state index contributed by atoms with van der Waals surface area (Å²) in [5.41, 5.74) is 0.820. The summed E-state index contributed by atoms with van der Waals surface area (Å²) < 4.78 is 0. The molecular formula is C15H20N2O2S. The topological polar surface area (TPSA) is 50.3 Å². The molecule has 0 radical (unpaired) electrons. The number of nitrogens with zero attached hydrogens (tertiary/aromatic N) is 2. The minimum absolute atomic E-state index is 0.0790. The maximum Gasteiger partial charge on any atom is 0.266 e. The van der Waals surface area contributed by atoms with Crippen LogP contribution in [0.3, 0.4) is 0 Å². The van der Waals surface area contributed by atoms with Gasteiger partial charge in [-0.1, -0.05) is 0 Å². The number of Topliss-reactive ketones (excluding diaryl/α,β-unsaturated/α-hetero) is 1. The number of rotatable bonds is 2. The Morgan fingerprint density at radius 3 is 2.70 bits per heavy atom. The van der Waals surface area contributed by atoms with E-state index >= 15 is 0 Å². The first-order valence-electron chi connectivity index (χ1n) is 7.35. The molecule has 5 heteroatoms. The summed E-state index contributed by atoms with van der Waals surface area (Å²) in [5, 5.41) is 0.929. The van der Waals surface area contributed by atoms with E-state index in [1.54, 1.807) is 0 Å². The van der Waals surface area contributed by atoms with Gasteiger partial charge in [0.1, 0.15) is 10.7 Å². The van der Waals surface area contributed by atoms with E-state index in [1.165, 1.54) is 11.3 Å². The standard InChI is InChI=1S/C15H20N2O2S/c1-9-14(20-10(2)16-9)15(19)17-8-4-6-12(17)11-5-3-7-13(11)18/h11-12H,3-8H2,1-2H3. The molecule has 4 nitrogen and oxygen atoms in total. The highest BCUT2D eigenvalue weighted by Gasteiger charge is 2.40. The lowest BCUT2D eigenvalue weighted by atomic mass is 9.95. The molecule has 108 valence electrons. The Labute approximate surface area is 123 Å². The van der Waals surface area contributed by atoms with Crippen LogP contribution in [0.2, 0.25) is 0 Å². The summed E-state index contributed by atoms with van der Waals surface area (Å²) >= 11 is 1.47. The van der Waals surface area contributed by atoms with E-state index in [2.05, 4.69) is 4.98 Å². The van der Waals surface area contributed by atoms with E-state index in [0.717, 1.165) is 47.8 Å². The van der Waals surface area contributed by atoms with E-state index in [1.807, 2.05) is 18.7 Å². The summed E-state index contributed by atoms with van der Waals surface area (Å²) in [5.74, 6) is 0.512. The molecule has 1 saturated carbocycles. The number of carbonyl (C=O) groups is 2. The van der Waals surface area contributed by atoms with Crippen LogP contribution in [0.4, 0.5) is 0 Å². The monoisotopic (exact) mass is 292 g/mol. The summed E-state index contributed by atoms with van der Waals surface area (Å²) in [6, 6.07) is 0.124. The maximum atomic E-state index is 12.7. The van der Waals surface area contributed by atoms with Gasteiger partial charge in [-0.15, -0.1) is 11.3 Å². The summed E-state index contributed by atoms with van der Waals surface area (Å²) in [7, 11) is 0. The quantitative estimate of drug-likeness (QED) is 0.842. The van der Waals surface area contributed by atoms with Crippen molar-refractivity contribution >= 4 is 23.0 Å². The van der Waals surface area contributed by atoms with Gasteiger partial charge in [0.15, 0.2) is 0 Å². The lowest BCUT2D eigenvalue weighted by Crippen LogP contribution is -2.41. The van der Waals surface area contributed by atoms with Crippen molar-refractivity contribution in [3.8, 4) is 0 Å². The number of carbonyl (C=O) groups excluding carboxylic acids is 2. The minimum Gasteiger partial charge on any atom is -0.334 e. The molecule has 0 aromatic carbocycles. The van der Waals surface area contributed by atoms with Crippen LogP contribution < -0.4 is 0 Å². The van der Waals surface area contributed by atoms with Crippen molar-refractivity contribution in [2.45, 2.75) is 52.0 Å². The molecule has 0 bridgehead atoms. The molecule has 2 aliphatic rings. The van der Waals surface area contributed by atoms with Crippen LogP contribution in [-0.2, 0) is 4.79 Å². The number of amides is 1. The Morgan fingerprint density at radius 2 is 2.10 bits per heavy atom. The zero-order chi connectivity index (χ0) is 14.3. The van der Waals surface area contributed by atoms with Crippen LogP contribution in [0.1, 0.15) is 52.5 Å². The largest absolute Gasteiger partial charge is 0.334 e. The van der Waals surface area contributed by atoms with E-state index in [0.29, 0.717) is 12.2 Å². The highest BCUT2D eigenvalue weighted by atomic mass is 32.1. The zero-order valence-electron chi connectivity index (χ0n) is 12.0. The Balaban J connectivity index is 1.83. The number of aryl methyl sites for hydroxylation is 2. The molecule has 1 aromatic rings. The third-order valence-electron chi connectivity index (χ3n) is 4.47. The molecule has 1 aliphatic heterocycles. The first-order chi connectivity index (χ1) is 9.58. The Kier molecular flexibility index (Phi) is 3.63. The van der Waals surface area contributed by atoms with E-state index < -0.39 is 0 Å². The average Bonchev–Trinajstić information content (AvgIpc) is 3.08. The van der Waals surface area contributed by atoms with Crippen LogP contribution in [0.15, 0.2) is 0 Å². The van der Waals surface area contributed by atoms with E-state index in [4.69, 9.17) is 0 Å². The Bertz CT molecular complexity index is 552. The molecule has 2 heterocycles. The van der Waals surface area contributed by atoms with Gasteiger partial charge in [-0.2, -0.15) is 0 Å². The molecule has 1 amide bonds. The van der Waals surface area contributed by atoms with Crippen LogP contribution in [0.25, 0.3) is 0 Å². The van der Waals surface area contributed by atoms with E-state index in [-0.39, 0.29) is 17.9 Å². The Hall–Kier alpha value is -1.23. The molecule has 2 atom stereocenters. The van der Waals surface area contributed by atoms with Crippen molar-refractivity contribution in [3.63, 3.8) is 0 Å². The molecule has 2 unspecified atom stereocenters. The molecule has 20 heavy (non-hydrogen) atoms. The van der Waals surface area contributed by atoms with Crippen LogP contribution >= 0.6 is 11.3 Å². The van der Waals surface area contributed by atoms with Gasteiger partial charge in [0.05, 0.1) is 10.7 Å².